The minimum Gasteiger partial charge on any atom is -0.350 e. The summed E-state index contributed by atoms with van der Waals surface area (Å²) in [6.07, 6.45) is 2.37. The fourth-order valence-electron chi connectivity index (χ4n) is 1.96. The largest absolute Gasteiger partial charge is 0.350 e. The molecule has 1 aliphatic rings. The monoisotopic (exact) mass is 298 g/mol. The van der Waals surface area contributed by atoms with Crippen LogP contribution in [0, 0.1) is 5.92 Å². The first-order valence-electron chi connectivity index (χ1n) is 6.58. The summed E-state index contributed by atoms with van der Waals surface area (Å²) in [6, 6.07) is 5.50. The SMILES string of the molecule is CCSc1ccc(Cl)cc1C(=O)NCC(N)C1CC1. The smallest absolute Gasteiger partial charge is 0.252 e. The number of nitrogens with one attached hydrogen (secondary N) is 1. The lowest BCUT2D eigenvalue weighted by Crippen LogP contribution is -2.38. The molecule has 0 spiro atoms. The number of carbonyl (C=O) groups is 1. The molecule has 1 fully saturated rings. The zero-order valence-electron chi connectivity index (χ0n) is 11.0. The summed E-state index contributed by atoms with van der Waals surface area (Å²) < 4.78 is 0. The molecule has 0 heterocycles. The van der Waals surface area contributed by atoms with Gasteiger partial charge in [0.25, 0.3) is 5.91 Å². The molecule has 1 amide bonds. The van der Waals surface area contributed by atoms with E-state index in [4.69, 9.17) is 17.3 Å². The van der Waals surface area contributed by atoms with E-state index in [2.05, 4.69) is 12.2 Å². The number of nitrogens with two attached hydrogens (primary N) is 1. The molecule has 1 unspecified atom stereocenters. The van der Waals surface area contributed by atoms with Crippen molar-refractivity contribution in [3.05, 3.63) is 28.8 Å². The second-order valence-electron chi connectivity index (χ2n) is 4.78. The summed E-state index contributed by atoms with van der Waals surface area (Å²) in [7, 11) is 0. The van der Waals surface area contributed by atoms with Crippen molar-refractivity contribution in [2.75, 3.05) is 12.3 Å². The number of benzene rings is 1. The maximum atomic E-state index is 12.2. The molecule has 104 valence electrons. The van der Waals surface area contributed by atoms with Crippen LogP contribution in [0.3, 0.4) is 0 Å². The van der Waals surface area contributed by atoms with Crippen LogP contribution in [-0.4, -0.2) is 24.2 Å². The number of rotatable bonds is 6. The van der Waals surface area contributed by atoms with E-state index in [0.717, 1.165) is 10.6 Å². The van der Waals surface area contributed by atoms with Gasteiger partial charge in [-0.2, -0.15) is 0 Å². The second-order valence-corrected chi connectivity index (χ2v) is 6.53. The highest BCUT2D eigenvalue weighted by molar-refractivity contribution is 7.99. The summed E-state index contributed by atoms with van der Waals surface area (Å²) in [5.74, 6) is 1.42. The van der Waals surface area contributed by atoms with E-state index in [1.54, 1.807) is 17.8 Å². The lowest BCUT2D eigenvalue weighted by atomic mass is 10.1. The maximum absolute atomic E-state index is 12.2. The van der Waals surface area contributed by atoms with Crippen molar-refractivity contribution < 1.29 is 4.79 Å². The predicted molar refractivity (Wildman–Crippen MR) is 80.9 cm³/mol. The molecule has 1 atom stereocenters. The van der Waals surface area contributed by atoms with Crippen molar-refractivity contribution in [2.24, 2.45) is 11.7 Å². The van der Waals surface area contributed by atoms with Crippen LogP contribution in [0.1, 0.15) is 30.1 Å². The van der Waals surface area contributed by atoms with E-state index >= 15 is 0 Å². The molecule has 1 aromatic rings. The van der Waals surface area contributed by atoms with E-state index in [0.29, 0.717) is 23.0 Å². The molecule has 0 saturated heterocycles. The maximum Gasteiger partial charge on any atom is 0.252 e. The minimum atomic E-state index is -0.0884. The van der Waals surface area contributed by atoms with Crippen molar-refractivity contribution in [3.63, 3.8) is 0 Å². The highest BCUT2D eigenvalue weighted by Crippen LogP contribution is 2.31. The summed E-state index contributed by atoms with van der Waals surface area (Å²) in [4.78, 5) is 13.2. The average Bonchev–Trinajstić information content (AvgIpc) is 3.22. The van der Waals surface area contributed by atoms with E-state index < -0.39 is 0 Å². The Labute approximate surface area is 123 Å². The lowest BCUT2D eigenvalue weighted by molar-refractivity contribution is 0.0947. The van der Waals surface area contributed by atoms with Crippen LogP contribution in [0.4, 0.5) is 0 Å². The van der Waals surface area contributed by atoms with Crippen LogP contribution in [0.2, 0.25) is 5.02 Å². The molecule has 3 nitrogen and oxygen atoms in total. The van der Waals surface area contributed by atoms with Gasteiger partial charge in [-0.15, -0.1) is 11.8 Å². The fourth-order valence-corrected chi connectivity index (χ4v) is 2.91. The Kier molecular flexibility index (Phi) is 5.13. The number of thioether (sulfide) groups is 1. The summed E-state index contributed by atoms with van der Waals surface area (Å²) in [5.41, 5.74) is 6.63. The third-order valence-corrected chi connectivity index (χ3v) is 4.40. The molecule has 3 N–H and O–H groups in total. The minimum absolute atomic E-state index is 0.0745. The number of hydrogen-bond acceptors (Lipinski definition) is 3. The molecule has 1 saturated carbocycles. The van der Waals surface area contributed by atoms with Crippen molar-refractivity contribution in [2.45, 2.75) is 30.7 Å². The quantitative estimate of drug-likeness (QED) is 0.794. The van der Waals surface area contributed by atoms with Crippen LogP contribution >= 0.6 is 23.4 Å². The molecule has 19 heavy (non-hydrogen) atoms. The zero-order valence-corrected chi connectivity index (χ0v) is 12.6. The van der Waals surface area contributed by atoms with Gasteiger partial charge in [-0.3, -0.25) is 4.79 Å². The van der Waals surface area contributed by atoms with Gasteiger partial charge >= 0.3 is 0 Å². The van der Waals surface area contributed by atoms with Gasteiger partial charge in [0, 0.05) is 22.5 Å². The Morgan fingerprint density at radius 3 is 2.95 bits per heavy atom. The predicted octanol–water partition coefficient (Wildman–Crippen LogP) is 2.92. The first kappa shape index (κ1) is 14.7. The molecule has 0 aliphatic heterocycles. The molecular weight excluding hydrogens is 280 g/mol. The Balaban J connectivity index is 2.01. The summed E-state index contributed by atoms with van der Waals surface area (Å²) in [5, 5.41) is 3.49. The number of carbonyl (C=O) groups excluding carboxylic acids is 1. The Hall–Kier alpha value is -0.710. The van der Waals surface area contributed by atoms with Crippen molar-refractivity contribution >= 4 is 29.3 Å². The number of amides is 1. The Bertz CT molecular complexity index is 463. The van der Waals surface area contributed by atoms with Crippen LogP contribution in [0.5, 0.6) is 0 Å². The van der Waals surface area contributed by atoms with Crippen molar-refractivity contribution in [3.8, 4) is 0 Å². The van der Waals surface area contributed by atoms with Crippen LogP contribution in [-0.2, 0) is 0 Å². The van der Waals surface area contributed by atoms with Gasteiger partial charge < -0.3 is 11.1 Å². The molecule has 0 aromatic heterocycles. The third-order valence-electron chi connectivity index (χ3n) is 3.21. The fraction of sp³-hybridized carbons (Fsp3) is 0.500. The number of hydrogen-bond donors (Lipinski definition) is 2. The first-order valence-corrected chi connectivity index (χ1v) is 7.94. The lowest BCUT2D eigenvalue weighted by Gasteiger charge is -2.13. The van der Waals surface area contributed by atoms with Crippen LogP contribution < -0.4 is 11.1 Å². The van der Waals surface area contributed by atoms with Gasteiger partial charge in [0.1, 0.15) is 0 Å². The highest BCUT2D eigenvalue weighted by Gasteiger charge is 2.28. The highest BCUT2D eigenvalue weighted by atomic mass is 35.5. The van der Waals surface area contributed by atoms with Gasteiger partial charge in [0.2, 0.25) is 0 Å². The van der Waals surface area contributed by atoms with E-state index in [1.807, 2.05) is 12.1 Å². The number of halogens is 1. The van der Waals surface area contributed by atoms with Gasteiger partial charge in [-0.1, -0.05) is 18.5 Å². The molecule has 0 bridgehead atoms. The zero-order chi connectivity index (χ0) is 13.8. The topological polar surface area (TPSA) is 55.1 Å². The third kappa shape index (κ3) is 4.13. The van der Waals surface area contributed by atoms with Gasteiger partial charge in [0.15, 0.2) is 0 Å². The van der Waals surface area contributed by atoms with Crippen LogP contribution in [0.15, 0.2) is 23.1 Å². The van der Waals surface area contributed by atoms with E-state index in [-0.39, 0.29) is 11.9 Å². The molecule has 2 rings (SSSR count). The molecule has 1 aromatic carbocycles. The second kappa shape index (κ2) is 6.64. The normalized spacial score (nSPS) is 16.2. The first-order chi connectivity index (χ1) is 9.11. The Morgan fingerprint density at radius 2 is 2.32 bits per heavy atom. The molecule has 0 radical (unpaired) electrons. The molecule has 5 heteroatoms. The van der Waals surface area contributed by atoms with Gasteiger partial charge in [-0.25, -0.2) is 0 Å². The van der Waals surface area contributed by atoms with Gasteiger partial charge in [-0.05, 0) is 42.7 Å². The van der Waals surface area contributed by atoms with E-state index in [9.17, 15) is 4.79 Å². The molecule has 1 aliphatic carbocycles. The molecular formula is C14H19ClN2OS. The summed E-state index contributed by atoms with van der Waals surface area (Å²) in [6.45, 7) is 2.59. The van der Waals surface area contributed by atoms with E-state index in [1.165, 1.54) is 12.8 Å². The van der Waals surface area contributed by atoms with Crippen molar-refractivity contribution in [1.29, 1.82) is 0 Å². The van der Waals surface area contributed by atoms with Crippen LogP contribution in [0.25, 0.3) is 0 Å². The van der Waals surface area contributed by atoms with Gasteiger partial charge in [0.05, 0.1) is 5.56 Å². The standard InChI is InChI=1S/C14H19ClN2OS/c1-2-19-13-6-5-10(15)7-11(13)14(18)17-8-12(16)9-3-4-9/h5-7,9,12H,2-4,8,16H2,1H3,(H,17,18). The Morgan fingerprint density at radius 1 is 1.58 bits per heavy atom. The van der Waals surface area contributed by atoms with Crippen molar-refractivity contribution in [1.82, 2.24) is 5.32 Å². The average molecular weight is 299 g/mol. The summed E-state index contributed by atoms with van der Waals surface area (Å²) >= 11 is 7.61.